The van der Waals surface area contributed by atoms with Crippen molar-refractivity contribution in [2.45, 2.75) is 6.92 Å². The van der Waals surface area contributed by atoms with E-state index in [0.29, 0.717) is 5.82 Å². The molecular formula is C24H21N7O7S. The lowest BCUT2D eigenvalue weighted by Gasteiger charge is -2.15. The van der Waals surface area contributed by atoms with Gasteiger partial charge < -0.3 is 23.9 Å². The van der Waals surface area contributed by atoms with Crippen LogP contribution in [0.2, 0.25) is 0 Å². The Labute approximate surface area is 224 Å². The number of hydrogen-bond donors (Lipinski definition) is 2. The fourth-order valence-corrected chi connectivity index (χ4v) is 4.17. The van der Waals surface area contributed by atoms with Gasteiger partial charge in [0.15, 0.2) is 5.76 Å². The van der Waals surface area contributed by atoms with E-state index >= 15 is 0 Å². The third kappa shape index (κ3) is 5.92. The second-order valence-corrected chi connectivity index (χ2v) is 8.59. The van der Waals surface area contributed by atoms with Crippen molar-refractivity contribution in [3.05, 3.63) is 58.3 Å². The Morgan fingerprint density at radius 1 is 1.18 bits per heavy atom. The van der Waals surface area contributed by atoms with Gasteiger partial charge in [0.2, 0.25) is 21.9 Å². The molecule has 2 amide bonds. The molecule has 0 saturated heterocycles. The molecule has 0 atom stereocenters. The Morgan fingerprint density at radius 2 is 2.00 bits per heavy atom. The van der Waals surface area contributed by atoms with E-state index in [0.717, 1.165) is 11.3 Å². The van der Waals surface area contributed by atoms with Crippen molar-refractivity contribution in [3.63, 3.8) is 0 Å². The first-order chi connectivity index (χ1) is 18.9. The first-order valence-electron chi connectivity index (χ1n) is 11.2. The average molecular weight is 552 g/mol. The molecule has 3 heterocycles. The van der Waals surface area contributed by atoms with Crippen molar-refractivity contribution in [1.29, 1.82) is 5.26 Å². The monoisotopic (exact) mass is 551 g/mol. The van der Waals surface area contributed by atoms with Crippen LogP contribution in [0.1, 0.15) is 23.0 Å². The molecule has 0 aliphatic heterocycles. The van der Waals surface area contributed by atoms with Gasteiger partial charge in [-0.3, -0.25) is 14.9 Å². The summed E-state index contributed by atoms with van der Waals surface area (Å²) in [6.45, 7) is 1.54. The standard InChI is InChI=1S/C24H21N7O7S/c1-13(32)27-18-7-8-26-31(18)24-30-29-23(39-24)28-21(33)17-11-15(20(22(34)38-17)37-10-9-35-2)19-14(12-25)5-4-6-16(19)36-3/h4-8,11H,9-10H2,1-3H3,(H,27,32)(H,28,29,33). The number of carbonyl (C=O) groups is 2. The van der Waals surface area contributed by atoms with Crippen LogP contribution in [0.15, 0.2) is 45.7 Å². The number of hydrogen-bond acceptors (Lipinski definition) is 12. The van der Waals surface area contributed by atoms with Gasteiger partial charge in [-0.2, -0.15) is 15.0 Å². The number of ether oxygens (including phenoxy) is 3. The Kier molecular flexibility index (Phi) is 8.29. The average Bonchev–Trinajstić information content (AvgIpc) is 3.57. The summed E-state index contributed by atoms with van der Waals surface area (Å²) in [5.41, 5.74) is -0.390. The molecule has 14 nitrogen and oxygen atoms in total. The van der Waals surface area contributed by atoms with Gasteiger partial charge in [-0.05, 0) is 18.2 Å². The molecule has 2 N–H and O–H groups in total. The van der Waals surface area contributed by atoms with Gasteiger partial charge in [0.25, 0.3) is 5.91 Å². The third-order valence-corrected chi connectivity index (χ3v) is 5.88. The van der Waals surface area contributed by atoms with E-state index in [1.165, 1.54) is 38.1 Å². The summed E-state index contributed by atoms with van der Waals surface area (Å²) in [4.78, 5) is 37.5. The quantitative estimate of drug-likeness (QED) is 0.276. The Balaban J connectivity index is 1.70. The third-order valence-electron chi connectivity index (χ3n) is 5.06. The maximum atomic E-state index is 13.1. The molecule has 39 heavy (non-hydrogen) atoms. The van der Waals surface area contributed by atoms with Crippen molar-refractivity contribution >= 4 is 34.1 Å². The minimum Gasteiger partial charge on any atom is -0.496 e. The molecule has 0 fully saturated rings. The Hall–Kier alpha value is -5.07. The summed E-state index contributed by atoms with van der Waals surface area (Å²) < 4.78 is 22.6. The second-order valence-electron chi connectivity index (χ2n) is 7.63. The molecule has 0 radical (unpaired) electrons. The molecular weight excluding hydrogens is 530 g/mol. The molecule has 4 aromatic rings. The number of nitrogens with one attached hydrogen (secondary N) is 2. The van der Waals surface area contributed by atoms with Gasteiger partial charge in [0.05, 0.1) is 31.5 Å². The summed E-state index contributed by atoms with van der Waals surface area (Å²) in [5, 5.41) is 27.2. The number of anilines is 2. The number of nitriles is 1. The smallest absolute Gasteiger partial charge is 0.379 e. The largest absolute Gasteiger partial charge is 0.496 e. The van der Waals surface area contributed by atoms with Crippen molar-refractivity contribution in [2.24, 2.45) is 0 Å². The highest BCUT2D eigenvalue weighted by Gasteiger charge is 2.24. The summed E-state index contributed by atoms with van der Waals surface area (Å²) in [7, 11) is 2.88. The van der Waals surface area contributed by atoms with Crippen LogP contribution in [0.25, 0.3) is 16.3 Å². The van der Waals surface area contributed by atoms with Crippen molar-refractivity contribution in [2.75, 3.05) is 38.1 Å². The number of rotatable bonds is 10. The highest BCUT2D eigenvalue weighted by atomic mass is 32.1. The topological polar surface area (TPSA) is 183 Å². The molecule has 4 rings (SSSR count). The van der Waals surface area contributed by atoms with Crippen LogP contribution in [0.4, 0.5) is 10.9 Å². The van der Waals surface area contributed by atoms with Crippen LogP contribution in [0, 0.1) is 11.3 Å². The SMILES string of the molecule is COCCOc1c(-c2c(C#N)cccc2OC)cc(C(=O)Nc2nnc(-n3nccc3NC(C)=O)s2)oc1=O. The van der Waals surface area contributed by atoms with Crippen LogP contribution in [0.3, 0.4) is 0 Å². The molecule has 0 bridgehead atoms. The molecule has 0 aliphatic carbocycles. The molecule has 0 aliphatic rings. The van der Waals surface area contributed by atoms with Gasteiger partial charge in [0.1, 0.15) is 18.2 Å². The second kappa shape index (κ2) is 12.0. The van der Waals surface area contributed by atoms with E-state index in [9.17, 15) is 19.6 Å². The van der Waals surface area contributed by atoms with Crippen LogP contribution in [-0.2, 0) is 9.53 Å². The highest BCUT2D eigenvalue weighted by molar-refractivity contribution is 7.17. The number of nitrogens with zero attached hydrogens (tertiary/aromatic N) is 5. The minimum atomic E-state index is -0.946. The number of carbonyl (C=O) groups excluding carboxylic acids is 2. The van der Waals surface area contributed by atoms with Crippen LogP contribution in [-0.4, -0.2) is 59.2 Å². The van der Waals surface area contributed by atoms with E-state index in [1.807, 2.05) is 0 Å². The summed E-state index contributed by atoms with van der Waals surface area (Å²) >= 11 is 0.962. The van der Waals surface area contributed by atoms with Gasteiger partial charge in [-0.25, -0.2) is 4.79 Å². The molecule has 3 aromatic heterocycles. The normalized spacial score (nSPS) is 10.5. The van der Waals surface area contributed by atoms with Crippen LogP contribution in [0.5, 0.6) is 11.5 Å². The van der Waals surface area contributed by atoms with Gasteiger partial charge in [-0.15, -0.1) is 10.2 Å². The lowest BCUT2D eigenvalue weighted by atomic mass is 9.98. The number of benzene rings is 1. The molecule has 0 unspecified atom stereocenters. The zero-order chi connectivity index (χ0) is 27.9. The number of methoxy groups -OCH3 is 2. The van der Waals surface area contributed by atoms with E-state index in [-0.39, 0.29) is 63.3 Å². The zero-order valence-electron chi connectivity index (χ0n) is 20.9. The summed E-state index contributed by atoms with van der Waals surface area (Å²) in [6, 6.07) is 9.68. The predicted molar refractivity (Wildman–Crippen MR) is 138 cm³/mol. The first-order valence-corrected chi connectivity index (χ1v) is 12.0. The molecule has 0 saturated carbocycles. The fraction of sp³-hybridized carbons (Fsp3) is 0.208. The Bertz CT molecular complexity index is 1620. The summed E-state index contributed by atoms with van der Waals surface area (Å²) in [6.07, 6.45) is 1.46. The fourth-order valence-electron chi connectivity index (χ4n) is 3.46. The molecule has 15 heteroatoms. The van der Waals surface area contributed by atoms with E-state index in [2.05, 4.69) is 32.0 Å². The van der Waals surface area contributed by atoms with Crippen LogP contribution >= 0.6 is 11.3 Å². The summed E-state index contributed by atoms with van der Waals surface area (Å²) in [5.74, 6) is -1.06. The van der Waals surface area contributed by atoms with E-state index in [1.54, 1.807) is 24.3 Å². The zero-order valence-corrected chi connectivity index (χ0v) is 21.7. The molecule has 1 aromatic carbocycles. The first kappa shape index (κ1) is 27.0. The van der Waals surface area contributed by atoms with Gasteiger partial charge in [-0.1, -0.05) is 17.4 Å². The van der Waals surface area contributed by atoms with Crippen LogP contribution < -0.4 is 25.7 Å². The van der Waals surface area contributed by atoms with Gasteiger partial charge >= 0.3 is 5.63 Å². The minimum absolute atomic E-state index is 0.0122. The maximum Gasteiger partial charge on any atom is 0.379 e. The van der Waals surface area contributed by atoms with E-state index < -0.39 is 11.5 Å². The molecule has 0 spiro atoms. The van der Waals surface area contributed by atoms with Gasteiger partial charge in [0, 0.05) is 31.2 Å². The van der Waals surface area contributed by atoms with Crippen molar-refractivity contribution < 1.29 is 28.2 Å². The van der Waals surface area contributed by atoms with Crippen molar-refractivity contribution in [1.82, 2.24) is 20.0 Å². The number of amides is 2. The Morgan fingerprint density at radius 3 is 2.72 bits per heavy atom. The number of aromatic nitrogens is 4. The van der Waals surface area contributed by atoms with E-state index in [4.69, 9.17) is 18.6 Å². The lowest BCUT2D eigenvalue weighted by Crippen LogP contribution is -2.18. The molecule has 200 valence electrons. The van der Waals surface area contributed by atoms with Crippen molar-refractivity contribution in [3.8, 4) is 33.8 Å². The maximum absolute atomic E-state index is 13.1. The predicted octanol–water partition coefficient (Wildman–Crippen LogP) is 2.46. The highest BCUT2D eigenvalue weighted by Crippen LogP contribution is 2.38. The lowest BCUT2D eigenvalue weighted by molar-refractivity contribution is -0.114.